The molecule has 2 amide bonds. The lowest BCUT2D eigenvalue weighted by atomic mass is 9.72. The maximum atomic E-state index is 12.7. The maximum Gasteiger partial charge on any atom is 0.415 e. The van der Waals surface area contributed by atoms with Crippen molar-refractivity contribution in [2.45, 2.75) is 81.2 Å². The predicted molar refractivity (Wildman–Crippen MR) is 180 cm³/mol. The highest BCUT2D eigenvalue weighted by Gasteiger charge is 2.49. The van der Waals surface area contributed by atoms with E-state index in [-0.39, 0.29) is 36.4 Å². The molecule has 242 valence electrons. The third-order valence-corrected chi connectivity index (χ3v) is 10.3. The Kier molecular flexibility index (Phi) is 7.57. The van der Waals surface area contributed by atoms with Gasteiger partial charge in [-0.2, -0.15) is 0 Å². The van der Waals surface area contributed by atoms with Crippen molar-refractivity contribution >= 4 is 29.4 Å². The summed E-state index contributed by atoms with van der Waals surface area (Å²) in [6.45, 7) is 7.64. The normalized spacial score (nSPS) is 23.0. The minimum atomic E-state index is -0.337. The summed E-state index contributed by atoms with van der Waals surface area (Å²) in [6, 6.07) is 27.3. The van der Waals surface area contributed by atoms with Gasteiger partial charge in [-0.25, -0.2) is 9.59 Å². The van der Waals surface area contributed by atoms with Gasteiger partial charge in [-0.1, -0.05) is 67.2 Å². The van der Waals surface area contributed by atoms with Crippen molar-refractivity contribution in [3.63, 3.8) is 0 Å². The van der Waals surface area contributed by atoms with Gasteiger partial charge in [0, 0.05) is 23.9 Å². The minimum absolute atomic E-state index is 0.191. The van der Waals surface area contributed by atoms with E-state index in [1.807, 2.05) is 78.9 Å². The van der Waals surface area contributed by atoms with Gasteiger partial charge in [0.2, 0.25) is 0 Å². The second kappa shape index (κ2) is 12.1. The van der Waals surface area contributed by atoms with E-state index in [1.165, 1.54) is 0 Å². The number of carbonyl (C=O) groups is 2. The van der Waals surface area contributed by atoms with Crippen LogP contribution >= 0.6 is 0 Å². The van der Waals surface area contributed by atoms with Crippen molar-refractivity contribution in [1.29, 1.82) is 0 Å². The minimum Gasteiger partial charge on any atom is -0.444 e. The molecule has 7 aliphatic rings. The Morgan fingerprint density at radius 3 is 1.69 bits per heavy atom. The van der Waals surface area contributed by atoms with Crippen molar-refractivity contribution in [3.05, 3.63) is 125 Å². The number of nitrogens with two attached hydrogens (primary N) is 1. The zero-order valence-electron chi connectivity index (χ0n) is 26.5. The SMILES string of the molecule is NC1(c2ccc3c(n2)C2CC(C2)N3C(=O)OCc2ccccc2)CC1.[C-]#[N+]c1ccc2c(n1)C1CC(C1)N2C(=O)OCc1ccccc1. The summed E-state index contributed by atoms with van der Waals surface area (Å²) in [7, 11) is 0. The molecule has 4 aliphatic heterocycles. The second-order valence-electron chi connectivity index (χ2n) is 13.4. The van der Waals surface area contributed by atoms with Crippen molar-refractivity contribution in [2.75, 3.05) is 9.80 Å². The van der Waals surface area contributed by atoms with Crippen LogP contribution in [0.4, 0.5) is 26.8 Å². The fraction of sp³-hybridized carbons (Fsp3) is 0.342. The molecule has 10 nitrogen and oxygen atoms in total. The van der Waals surface area contributed by atoms with Crippen LogP contribution in [0.5, 0.6) is 0 Å². The average molecular weight is 641 g/mol. The number of hydrogen-bond donors (Lipinski definition) is 1. The van der Waals surface area contributed by atoms with E-state index in [0.29, 0.717) is 24.3 Å². The molecular formula is C38H36N6O4. The number of pyridine rings is 2. The molecule has 3 aliphatic carbocycles. The summed E-state index contributed by atoms with van der Waals surface area (Å²) in [5.74, 6) is 1.21. The summed E-state index contributed by atoms with van der Waals surface area (Å²) >= 11 is 0. The molecule has 0 saturated heterocycles. The van der Waals surface area contributed by atoms with Gasteiger partial charge in [0.1, 0.15) is 13.2 Å². The van der Waals surface area contributed by atoms with E-state index in [9.17, 15) is 9.59 Å². The first-order valence-electron chi connectivity index (χ1n) is 16.6. The summed E-state index contributed by atoms with van der Waals surface area (Å²) in [5.41, 5.74) is 12.6. The summed E-state index contributed by atoms with van der Waals surface area (Å²) in [6.07, 6.45) is 5.13. The first-order chi connectivity index (χ1) is 23.4. The number of ether oxygens (including phenoxy) is 2. The fourth-order valence-corrected chi connectivity index (χ4v) is 7.17. The highest BCUT2D eigenvalue weighted by Crippen LogP contribution is 2.52. The Hall–Kier alpha value is -5.27. The smallest absolute Gasteiger partial charge is 0.415 e. The van der Waals surface area contributed by atoms with Gasteiger partial charge in [0.15, 0.2) is 5.69 Å². The predicted octanol–water partition coefficient (Wildman–Crippen LogP) is 7.47. The number of nitrogens with zero attached hydrogens (tertiary/aromatic N) is 5. The molecule has 11 rings (SSSR count). The molecule has 2 N–H and O–H groups in total. The average Bonchev–Trinajstić information content (AvgIpc) is 3.86. The lowest BCUT2D eigenvalue weighted by molar-refractivity contribution is 0.136. The maximum absolute atomic E-state index is 12.7. The molecule has 0 spiro atoms. The molecule has 2 aromatic carbocycles. The van der Waals surface area contributed by atoms with Crippen LogP contribution < -0.4 is 15.5 Å². The van der Waals surface area contributed by atoms with E-state index < -0.39 is 0 Å². The largest absolute Gasteiger partial charge is 0.444 e. The van der Waals surface area contributed by atoms with Gasteiger partial charge in [0.05, 0.1) is 28.3 Å². The lowest BCUT2D eigenvalue weighted by Crippen LogP contribution is -2.52. The molecule has 0 atom stereocenters. The van der Waals surface area contributed by atoms with Crippen LogP contribution in [-0.2, 0) is 28.2 Å². The number of aromatic nitrogens is 2. The number of anilines is 2. The number of amides is 2. The van der Waals surface area contributed by atoms with Crippen molar-refractivity contribution in [1.82, 2.24) is 9.97 Å². The summed E-state index contributed by atoms with van der Waals surface area (Å²) in [5, 5.41) is 0. The number of hydrogen-bond acceptors (Lipinski definition) is 7. The number of rotatable bonds is 5. The van der Waals surface area contributed by atoms with Crippen LogP contribution in [0.3, 0.4) is 0 Å². The monoisotopic (exact) mass is 640 g/mol. The third-order valence-electron chi connectivity index (χ3n) is 10.3. The van der Waals surface area contributed by atoms with E-state index in [1.54, 1.807) is 15.9 Å². The van der Waals surface area contributed by atoms with Gasteiger partial charge in [-0.3, -0.25) is 14.8 Å². The Labute approximate surface area is 279 Å². The van der Waals surface area contributed by atoms with Crippen LogP contribution in [0, 0.1) is 6.57 Å². The van der Waals surface area contributed by atoms with Crippen LogP contribution in [0.25, 0.3) is 4.85 Å². The van der Waals surface area contributed by atoms with Crippen LogP contribution in [-0.4, -0.2) is 34.2 Å². The van der Waals surface area contributed by atoms with E-state index in [2.05, 4.69) is 9.83 Å². The highest BCUT2D eigenvalue weighted by molar-refractivity contribution is 5.92. The van der Waals surface area contributed by atoms with Gasteiger partial charge >= 0.3 is 12.2 Å². The first kappa shape index (κ1) is 30.1. The molecule has 2 aromatic heterocycles. The van der Waals surface area contributed by atoms with Crippen molar-refractivity contribution < 1.29 is 19.1 Å². The highest BCUT2D eigenvalue weighted by atomic mass is 16.6. The number of benzene rings is 2. The zero-order valence-corrected chi connectivity index (χ0v) is 26.5. The van der Waals surface area contributed by atoms with Gasteiger partial charge in [-0.15, -0.1) is 4.98 Å². The Bertz CT molecular complexity index is 1900. The van der Waals surface area contributed by atoms with E-state index >= 15 is 0 Å². The third kappa shape index (κ3) is 5.54. The molecule has 4 aromatic rings. The summed E-state index contributed by atoms with van der Waals surface area (Å²) in [4.78, 5) is 41.4. The fourth-order valence-electron chi connectivity index (χ4n) is 7.17. The quantitative estimate of drug-likeness (QED) is 0.225. The van der Waals surface area contributed by atoms with Gasteiger partial charge < -0.3 is 20.1 Å². The molecule has 3 fully saturated rings. The first-order valence-corrected chi connectivity index (χ1v) is 16.6. The Balaban J connectivity index is 0.000000141. The molecule has 10 heteroatoms. The van der Waals surface area contributed by atoms with Gasteiger partial charge in [0.25, 0.3) is 5.82 Å². The van der Waals surface area contributed by atoms with Crippen LogP contribution in [0.2, 0.25) is 0 Å². The lowest BCUT2D eigenvalue weighted by Gasteiger charge is -2.48. The molecule has 48 heavy (non-hydrogen) atoms. The van der Waals surface area contributed by atoms with Gasteiger partial charge in [-0.05, 0) is 73.9 Å². The molecule has 0 radical (unpaired) electrons. The molecule has 6 heterocycles. The standard InChI is InChI=1S/C20H21N3O2.C18H15N3O2/c21-20(8-9-20)17-7-6-16-18(22-17)14-10-15(11-14)23(16)19(24)25-12-13-4-2-1-3-5-13;1-19-16-8-7-15-17(20-16)13-9-14(10-13)21(15)18(22)23-11-12-5-3-2-4-6-12/h1-7,14-15H,8-12,21H2;2-8,13-14H,9-11H2. The molecule has 0 unspecified atom stereocenters. The Morgan fingerprint density at radius 2 is 1.21 bits per heavy atom. The van der Waals surface area contributed by atoms with Crippen molar-refractivity contribution in [2.24, 2.45) is 5.73 Å². The van der Waals surface area contributed by atoms with Crippen LogP contribution in [0.1, 0.15) is 78.6 Å². The van der Waals surface area contributed by atoms with E-state index in [0.717, 1.165) is 78.1 Å². The molecule has 3 saturated carbocycles. The molecule has 4 bridgehead atoms. The second-order valence-corrected chi connectivity index (χ2v) is 13.4. The van der Waals surface area contributed by atoms with Crippen LogP contribution in [0.15, 0.2) is 84.9 Å². The Morgan fingerprint density at radius 1 is 0.729 bits per heavy atom. The summed E-state index contributed by atoms with van der Waals surface area (Å²) < 4.78 is 11.0. The van der Waals surface area contributed by atoms with Crippen molar-refractivity contribution in [3.8, 4) is 0 Å². The number of carbonyl (C=O) groups excluding carboxylic acids is 2. The topological polar surface area (TPSA) is 115 Å². The van der Waals surface area contributed by atoms with E-state index in [4.69, 9.17) is 26.8 Å². The zero-order chi connectivity index (χ0) is 32.8. The molecular weight excluding hydrogens is 604 g/mol.